The highest BCUT2D eigenvalue weighted by molar-refractivity contribution is 6.31. The van der Waals surface area contributed by atoms with Crippen molar-refractivity contribution >= 4 is 62.9 Å². The highest BCUT2D eigenvalue weighted by atomic mass is 35.5. The van der Waals surface area contributed by atoms with E-state index in [2.05, 4.69) is 5.32 Å². The molecule has 6 heteroatoms. The third kappa shape index (κ3) is 2.46. The molecule has 3 aromatic carbocycles. The normalized spacial score (nSPS) is 12.5. The molecule has 4 aromatic rings. The van der Waals surface area contributed by atoms with Gasteiger partial charge in [0.15, 0.2) is 11.6 Å². The summed E-state index contributed by atoms with van der Waals surface area (Å²) in [5.41, 5.74) is 4.44. The molecular formula is C20H12Cl2N4. The number of hydrogen-bond acceptors (Lipinski definition) is 4. The van der Waals surface area contributed by atoms with E-state index in [-0.39, 0.29) is 0 Å². The van der Waals surface area contributed by atoms with Gasteiger partial charge in [0, 0.05) is 15.7 Å². The van der Waals surface area contributed by atoms with Crippen molar-refractivity contribution in [2.24, 2.45) is 0 Å². The average molecular weight is 379 g/mol. The molecule has 1 aliphatic heterocycles. The van der Waals surface area contributed by atoms with Crippen LogP contribution in [0.2, 0.25) is 10.0 Å². The van der Waals surface area contributed by atoms with Crippen LogP contribution in [-0.4, -0.2) is 9.97 Å². The minimum Gasteiger partial charge on any atom is -0.335 e. The Morgan fingerprint density at radius 3 is 2.23 bits per heavy atom. The van der Waals surface area contributed by atoms with Crippen molar-refractivity contribution in [3.8, 4) is 0 Å². The van der Waals surface area contributed by atoms with Crippen LogP contribution in [0.1, 0.15) is 0 Å². The van der Waals surface area contributed by atoms with Crippen LogP contribution in [0.25, 0.3) is 11.0 Å². The Balaban J connectivity index is 1.80. The molecule has 1 aromatic heterocycles. The second-order valence-corrected chi connectivity index (χ2v) is 6.86. The van der Waals surface area contributed by atoms with Gasteiger partial charge in [-0.1, -0.05) is 35.3 Å². The van der Waals surface area contributed by atoms with Gasteiger partial charge >= 0.3 is 0 Å². The van der Waals surface area contributed by atoms with Gasteiger partial charge in [0.2, 0.25) is 0 Å². The molecule has 0 spiro atoms. The second kappa shape index (κ2) is 5.87. The minimum atomic E-state index is 0.654. The van der Waals surface area contributed by atoms with Crippen molar-refractivity contribution in [1.29, 1.82) is 0 Å². The van der Waals surface area contributed by atoms with Gasteiger partial charge in [-0.25, -0.2) is 9.97 Å². The molecule has 0 saturated carbocycles. The monoisotopic (exact) mass is 378 g/mol. The van der Waals surface area contributed by atoms with Crippen molar-refractivity contribution in [2.45, 2.75) is 0 Å². The Hall–Kier alpha value is -2.82. The summed E-state index contributed by atoms with van der Waals surface area (Å²) in [6.45, 7) is 0. The zero-order valence-corrected chi connectivity index (χ0v) is 15.0. The Morgan fingerprint density at radius 2 is 1.46 bits per heavy atom. The van der Waals surface area contributed by atoms with Gasteiger partial charge in [0.05, 0.1) is 22.4 Å². The first kappa shape index (κ1) is 15.4. The number of anilines is 5. The van der Waals surface area contributed by atoms with Crippen LogP contribution in [0, 0.1) is 0 Å². The smallest absolute Gasteiger partial charge is 0.181 e. The molecule has 5 rings (SSSR count). The molecule has 1 N–H and O–H groups in total. The summed E-state index contributed by atoms with van der Waals surface area (Å²) in [7, 11) is 0. The lowest BCUT2D eigenvalue weighted by Crippen LogP contribution is -2.20. The molecule has 0 unspecified atom stereocenters. The molecule has 0 bridgehead atoms. The van der Waals surface area contributed by atoms with Crippen molar-refractivity contribution in [2.75, 3.05) is 10.2 Å². The quantitative estimate of drug-likeness (QED) is 0.363. The van der Waals surface area contributed by atoms with Crippen molar-refractivity contribution in [3.63, 3.8) is 0 Å². The molecule has 126 valence electrons. The summed E-state index contributed by atoms with van der Waals surface area (Å²) < 4.78 is 0. The SMILES string of the molecule is Clc1ccc(N2c3cc(Cl)ccc3Nc3nc4ccccc4nc32)cc1. The average Bonchev–Trinajstić information content (AvgIpc) is 2.66. The molecule has 1 aliphatic rings. The number of benzene rings is 3. The number of fused-ring (bicyclic) bond motifs is 3. The summed E-state index contributed by atoms with van der Waals surface area (Å²) in [6, 6.07) is 21.2. The lowest BCUT2D eigenvalue weighted by Gasteiger charge is -2.32. The Kier molecular flexibility index (Phi) is 3.48. The number of nitrogens with zero attached hydrogens (tertiary/aromatic N) is 3. The molecule has 26 heavy (non-hydrogen) atoms. The molecule has 0 aliphatic carbocycles. The molecule has 0 fully saturated rings. The minimum absolute atomic E-state index is 0.654. The van der Waals surface area contributed by atoms with E-state index >= 15 is 0 Å². The van der Waals surface area contributed by atoms with Crippen molar-refractivity contribution in [3.05, 3.63) is 76.8 Å². The van der Waals surface area contributed by atoms with Gasteiger partial charge in [0.25, 0.3) is 0 Å². The fourth-order valence-corrected chi connectivity index (χ4v) is 3.41. The molecule has 2 heterocycles. The van der Waals surface area contributed by atoms with E-state index in [1.807, 2.05) is 71.6 Å². The lowest BCUT2D eigenvalue weighted by atomic mass is 10.1. The molecule has 4 nitrogen and oxygen atoms in total. The summed E-state index contributed by atoms with van der Waals surface area (Å²) in [5, 5.41) is 4.71. The van der Waals surface area contributed by atoms with Gasteiger partial charge < -0.3 is 5.32 Å². The van der Waals surface area contributed by atoms with Crippen LogP contribution in [0.5, 0.6) is 0 Å². The first-order valence-electron chi connectivity index (χ1n) is 8.08. The summed E-state index contributed by atoms with van der Waals surface area (Å²) in [4.78, 5) is 11.6. The van der Waals surface area contributed by atoms with Gasteiger partial charge in [0.1, 0.15) is 0 Å². The third-order valence-electron chi connectivity index (χ3n) is 4.30. The van der Waals surface area contributed by atoms with Crippen LogP contribution in [0.3, 0.4) is 0 Å². The Bertz CT molecular complexity index is 1140. The summed E-state index contributed by atoms with van der Waals surface area (Å²) in [6.07, 6.45) is 0. The van der Waals surface area contributed by atoms with Crippen LogP contribution in [0.4, 0.5) is 28.7 Å². The van der Waals surface area contributed by atoms with E-state index in [9.17, 15) is 0 Å². The van der Waals surface area contributed by atoms with E-state index in [4.69, 9.17) is 33.2 Å². The van der Waals surface area contributed by atoms with Crippen molar-refractivity contribution in [1.82, 2.24) is 9.97 Å². The van der Waals surface area contributed by atoms with Crippen LogP contribution in [-0.2, 0) is 0 Å². The maximum Gasteiger partial charge on any atom is 0.181 e. The maximum atomic E-state index is 6.27. The molecular weight excluding hydrogens is 367 g/mol. The number of para-hydroxylation sites is 2. The highest BCUT2D eigenvalue weighted by Crippen LogP contribution is 2.47. The first-order valence-corrected chi connectivity index (χ1v) is 8.84. The standard InChI is InChI=1S/C20H12Cl2N4/c21-12-5-8-14(9-6-12)26-18-11-13(22)7-10-17(18)24-19-20(26)25-16-4-2-1-3-15(16)23-19/h1-11H,(H,23,24). The molecule has 0 amide bonds. The van der Waals surface area contributed by atoms with Gasteiger partial charge in [-0.05, 0) is 54.6 Å². The van der Waals surface area contributed by atoms with Gasteiger partial charge in [-0.2, -0.15) is 0 Å². The zero-order chi connectivity index (χ0) is 17.7. The van der Waals surface area contributed by atoms with Crippen LogP contribution >= 0.6 is 23.2 Å². The van der Waals surface area contributed by atoms with Crippen LogP contribution < -0.4 is 10.2 Å². The highest BCUT2D eigenvalue weighted by Gasteiger charge is 2.27. The Labute approximate surface area is 160 Å². The molecule has 0 saturated heterocycles. The van der Waals surface area contributed by atoms with E-state index < -0.39 is 0 Å². The van der Waals surface area contributed by atoms with E-state index in [1.165, 1.54) is 0 Å². The number of hydrogen-bond donors (Lipinski definition) is 1. The van der Waals surface area contributed by atoms with Crippen molar-refractivity contribution < 1.29 is 0 Å². The zero-order valence-electron chi connectivity index (χ0n) is 13.4. The number of halogens is 2. The van der Waals surface area contributed by atoms with E-state index in [0.29, 0.717) is 15.9 Å². The summed E-state index contributed by atoms with van der Waals surface area (Å²) in [5.74, 6) is 1.43. The number of rotatable bonds is 1. The largest absolute Gasteiger partial charge is 0.335 e. The topological polar surface area (TPSA) is 41.0 Å². The number of nitrogens with one attached hydrogen (secondary N) is 1. The lowest BCUT2D eigenvalue weighted by molar-refractivity contribution is 1.14. The van der Waals surface area contributed by atoms with E-state index in [0.717, 1.165) is 33.9 Å². The van der Waals surface area contributed by atoms with Gasteiger partial charge in [-0.3, -0.25) is 4.90 Å². The second-order valence-electron chi connectivity index (χ2n) is 5.98. The predicted octanol–water partition coefficient (Wildman–Crippen LogP) is 6.46. The molecule has 0 atom stereocenters. The van der Waals surface area contributed by atoms with Gasteiger partial charge in [-0.15, -0.1) is 0 Å². The fourth-order valence-electron chi connectivity index (χ4n) is 3.12. The summed E-state index contributed by atoms with van der Waals surface area (Å²) >= 11 is 12.3. The molecule has 0 radical (unpaired) electrons. The number of aromatic nitrogens is 2. The van der Waals surface area contributed by atoms with Crippen LogP contribution in [0.15, 0.2) is 66.7 Å². The Morgan fingerprint density at radius 1 is 0.769 bits per heavy atom. The van der Waals surface area contributed by atoms with E-state index in [1.54, 1.807) is 0 Å². The first-order chi connectivity index (χ1) is 12.7. The maximum absolute atomic E-state index is 6.27. The predicted molar refractivity (Wildman–Crippen MR) is 108 cm³/mol. The third-order valence-corrected chi connectivity index (χ3v) is 4.79. The fraction of sp³-hybridized carbons (Fsp3) is 0.